The van der Waals surface area contributed by atoms with Crippen LogP contribution in [0.5, 0.6) is 0 Å². The number of carbonyl (C=O) groups is 2. The van der Waals surface area contributed by atoms with Gasteiger partial charge in [0, 0.05) is 5.92 Å². The summed E-state index contributed by atoms with van der Waals surface area (Å²) in [6.45, 7) is 3.87. The van der Waals surface area contributed by atoms with Gasteiger partial charge in [-0.25, -0.2) is 4.79 Å². The molecule has 1 spiro atoms. The summed E-state index contributed by atoms with van der Waals surface area (Å²) in [4.78, 5) is 23.6. The number of hydrogen-bond acceptors (Lipinski definition) is 4. The first kappa shape index (κ1) is 13.3. The third-order valence-corrected chi connectivity index (χ3v) is 4.32. The standard InChI is InChI=1S/C13H22N2O3/c1-3-10(12(17)18-2)15-11(16)9-8-13(9)4-6-14-7-5-13/h9-10,14H,3-8H2,1-2H3,(H,15,16). The predicted octanol–water partition coefficient (Wildman–Crippen LogP) is 0.444. The van der Waals surface area contributed by atoms with Crippen molar-refractivity contribution in [1.29, 1.82) is 0 Å². The summed E-state index contributed by atoms with van der Waals surface area (Å²) >= 11 is 0. The predicted molar refractivity (Wildman–Crippen MR) is 66.9 cm³/mol. The highest BCUT2D eigenvalue weighted by Gasteiger charge is 2.57. The van der Waals surface area contributed by atoms with Crippen molar-refractivity contribution in [2.24, 2.45) is 11.3 Å². The summed E-state index contributed by atoms with van der Waals surface area (Å²) < 4.78 is 4.68. The van der Waals surface area contributed by atoms with Gasteiger partial charge in [-0.2, -0.15) is 0 Å². The lowest BCUT2D eigenvalue weighted by molar-refractivity contribution is -0.145. The number of carbonyl (C=O) groups excluding carboxylic acids is 2. The first-order valence-electron chi connectivity index (χ1n) is 6.72. The number of ether oxygens (including phenoxy) is 1. The highest BCUT2D eigenvalue weighted by molar-refractivity contribution is 5.87. The van der Waals surface area contributed by atoms with Gasteiger partial charge in [0.1, 0.15) is 6.04 Å². The molecule has 1 heterocycles. The maximum atomic E-state index is 12.1. The molecule has 1 saturated carbocycles. The van der Waals surface area contributed by atoms with Crippen LogP contribution in [0.25, 0.3) is 0 Å². The average molecular weight is 254 g/mol. The molecule has 2 fully saturated rings. The van der Waals surface area contributed by atoms with Crippen molar-refractivity contribution in [2.75, 3.05) is 20.2 Å². The van der Waals surface area contributed by atoms with Crippen LogP contribution in [-0.2, 0) is 14.3 Å². The number of amides is 1. The normalized spacial score (nSPS) is 26.4. The molecule has 2 rings (SSSR count). The average Bonchev–Trinajstić information content (AvgIpc) is 3.09. The van der Waals surface area contributed by atoms with Gasteiger partial charge >= 0.3 is 5.97 Å². The highest BCUT2D eigenvalue weighted by atomic mass is 16.5. The second-order valence-electron chi connectivity index (χ2n) is 5.36. The molecule has 2 N–H and O–H groups in total. The van der Waals surface area contributed by atoms with Crippen molar-refractivity contribution in [3.8, 4) is 0 Å². The maximum absolute atomic E-state index is 12.1. The lowest BCUT2D eigenvalue weighted by atomic mass is 9.91. The molecule has 2 aliphatic rings. The van der Waals surface area contributed by atoms with Crippen LogP contribution in [0.4, 0.5) is 0 Å². The Balaban J connectivity index is 1.87. The Kier molecular flexibility index (Phi) is 3.90. The van der Waals surface area contributed by atoms with E-state index in [1.165, 1.54) is 7.11 Å². The van der Waals surface area contributed by atoms with Gasteiger partial charge in [0.2, 0.25) is 5.91 Å². The van der Waals surface area contributed by atoms with E-state index in [1.807, 2.05) is 6.92 Å². The van der Waals surface area contributed by atoms with Crippen LogP contribution in [0.15, 0.2) is 0 Å². The van der Waals surface area contributed by atoms with Crippen molar-refractivity contribution >= 4 is 11.9 Å². The molecule has 1 aliphatic heterocycles. The number of piperidine rings is 1. The zero-order chi connectivity index (χ0) is 13.2. The summed E-state index contributed by atoms with van der Waals surface area (Å²) in [6, 6.07) is -0.498. The van der Waals surface area contributed by atoms with Crippen LogP contribution < -0.4 is 10.6 Å². The molecule has 1 amide bonds. The van der Waals surface area contributed by atoms with E-state index in [9.17, 15) is 9.59 Å². The van der Waals surface area contributed by atoms with E-state index < -0.39 is 6.04 Å². The largest absolute Gasteiger partial charge is 0.467 e. The fraction of sp³-hybridized carbons (Fsp3) is 0.846. The molecule has 5 nitrogen and oxygen atoms in total. The monoisotopic (exact) mass is 254 g/mol. The fourth-order valence-corrected chi connectivity index (χ4v) is 2.94. The maximum Gasteiger partial charge on any atom is 0.328 e. The van der Waals surface area contributed by atoms with Gasteiger partial charge in [-0.3, -0.25) is 4.79 Å². The third kappa shape index (κ3) is 2.51. The van der Waals surface area contributed by atoms with Crippen LogP contribution in [-0.4, -0.2) is 38.1 Å². The molecule has 0 aromatic rings. The third-order valence-electron chi connectivity index (χ3n) is 4.32. The summed E-state index contributed by atoms with van der Waals surface area (Å²) in [5.41, 5.74) is 0.212. The molecule has 1 saturated heterocycles. The zero-order valence-electron chi connectivity index (χ0n) is 11.1. The van der Waals surface area contributed by atoms with E-state index in [0.29, 0.717) is 6.42 Å². The topological polar surface area (TPSA) is 67.4 Å². The highest BCUT2D eigenvalue weighted by Crippen LogP contribution is 2.58. The molecule has 0 bridgehead atoms. The summed E-state index contributed by atoms with van der Waals surface area (Å²) in [5.74, 6) is -0.238. The lowest BCUT2D eigenvalue weighted by Crippen LogP contribution is -2.43. The first-order valence-corrected chi connectivity index (χ1v) is 6.72. The molecule has 1 aliphatic carbocycles. The molecule has 18 heavy (non-hydrogen) atoms. The Labute approximate surface area is 108 Å². The van der Waals surface area contributed by atoms with E-state index in [4.69, 9.17) is 0 Å². The van der Waals surface area contributed by atoms with Crippen molar-refractivity contribution in [3.05, 3.63) is 0 Å². The first-order chi connectivity index (χ1) is 8.63. The Morgan fingerprint density at radius 3 is 2.67 bits per heavy atom. The Morgan fingerprint density at radius 2 is 2.11 bits per heavy atom. The van der Waals surface area contributed by atoms with E-state index in [2.05, 4.69) is 15.4 Å². The summed E-state index contributed by atoms with van der Waals surface area (Å²) in [5, 5.41) is 6.13. The second kappa shape index (κ2) is 5.26. The van der Waals surface area contributed by atoms with Gasteiger partial charge in [-0.1, -0.05) is 6.92 Å². The van der Waals surface area contributed by atoms with Gasteiger partial charge in [0.25, 0.3) is 0 Å². The minimum atomic E-state index is -0.498. The second-order valence-corrected chi connectivity index (χ2v) is 5.36. The molecule has 5 heteroatoms. The Morgan fingerprint density at radius 1 is 1.44 bits per heavy atom. The number of rotatable bonds is 4. The van der Waals surface area contributed by atoms with Crippen molar-refractivity contribution < 1.29 is 14.3 Å². The van der Waals surface area contributed by atoms with E-state index in [-0.39, 0.29) is 23.2 Å². The van der Waals surface area contributed by atoms with Crippen LogP contribution in [0, 0.1) is 11.3 Å². The zero-order valence-corrected chi connectivity index (χ0v) is 11.1. The minimum Gasteiger partial charge on any atom is -0.467 e. The number of nitrogens with one attached hydrogen (secondary N) is 2. The lowest BCUT2D eigenvalue weighted by Gasteiger charge is -2.23. The number of esters is 1. The van der Waals surface area contributed by atoms with Gasteiger partial charge in [0.05, 0.1) is 7.11 Å². The molecule has 0 aromatic carbocycles. The van der Waals surface area contributed by atoms with Gasteiger partial charge in [0.15, 0.2) is 0 Å². The van der Waals surface area contributed by atoms with E-state index in [0.717, 1.165) is 32.4 Å². The minimum absolute atomic E-state index is 0.0224. The van der Waals surface area contributed by atoms with Gasteiger partial charge < -0.3 is 15.4 Å². The Bertz CT molecular complexity index is 337. The molecule has 2 unspecified atom stereocenters. The van der Waals surface area contributed by atoms with Crippen molar-refractivity contribution in [2.45, 2.75) is 38.6 Å². The molecule has 0 radical (unpaired) electrons. The van der Waals surface area contributed by atoms with Crippen LogP contribution >= 0.6 is 0 Å². The molecular weight excluding hydrogens is 232 g/mol. The van der Waals surface area contributed by atoms with Gasteiger partial charge in [-0.05, 0) is 44.2 Å². The molecular formula is C13H22N2O3. The molecule has 2 atom stereocenters. The molecule has 102 valence electrons. The fourth-order valence-electron chi connectivity index (χ4n) is 2.94. The van der Waals surface area contributed by atoms with Crippen molar-refractivity contribution in [3.63, 3.8) is 0 Å². The summed E-state index contributed by atoms with van der Waals surface area (Å²) in [6.07, 6.45) is 3.68. The van der Waals surface area contributed by atoms with Gasteiger partial charge in [-0.15, -0.1) is 0 Å². The quantitative estimate of drug-likeness (QED) is 0.715. The Hall–Kier alpha value is -1.10. The number of methoxy groups -OCH3 is 1. The van der Waals surface area contributed by atoms with Crippen LogP contribution in [0.3, 0.4) is 0 Å². The van der Waals surface area contributed by atoms with Crippen LogP contribution in [0.2, 0.25) is 0 Å². The SMILES string of the molecule is CCC(NC(=O)C1CC12CCNCC2)C(=O)OC. The van der Waals surface area contributed by atoms with Crippen LogP contribution in [0.1, 0.15) is 32.6 Å². The van der Waals surface area contributed by atoms with Crippen molar-refractivity contribution in [1.82, 2.24) is 10.6 Å². The smallest absolute Gasteiger partial charge is 0.328 e. The molecule has 0 aromatic heterocycles. The van der Waals surface area contributed by atoms with E-state index in [1.54, 1.807) is 0 Å². The van der Waals surface area contributed by atoms with E-state index >= 15 is 0 Å². The number of hydrogen-bond donors (Lipinski definition) is 2. The summed E-state index contributed by atoms with van der Waals surface area (Å²) in [7, 11) is 1.35.